The van der Waals surface area contributed by atoms with Crippen LogP contribution in [0.2, 0.25) is 0 Å². The smallest absolute Gasteiger partial charge is 0.315 e. The number of rotatable bonds is 6. The van der Waals surface area contributed by atoms with Crippen LogP contribution in [0, 0.1) is 6.92 Å². The first-order chi connectivity index (χ1) is 9.54. The molecule has 1 aromatic rings. The molecular weight excluding hydrogens is 248 g/mol. The summed E-state index contributed by atoms with van der Waals surface area (Å²) in [6, 6.07) is 8.08. The monoisotopic (exact) mass is 276 g/mol. The van der Waals surface area contributed by atoms with Gasteiger partial charge in [-0.15, -0.1) is 6.58 Å². The Labute approximate surface area is 123 Å². The molecule has 0 fully saturated rings. The molecule has 0 spiro atoms. The minimum absolute atomic E-state index is 0.169. The van der Waals surface area contributed by atoms with Crippen molar-refractivity contribution < 1.29 is 9.53 Å². The molecule has 2 nitrogen and oxygen atoms in total. The number of aryl methyl sites for hydroxylation is 1. The molecule has 0 bridgehead atoms. The maximum atomic E-state index is 12.1. The van der Waals surface area contributed by atoms with Gasteiger partial charge in [0.25, 0.3) is 0 Å². The van der Waals surface area contributed by atoms with Crippen LogP contribution in [0.15, 0.2) is 36.9 Å². The number of hydrogen-bond acceptors (Lipinski definition) is 2. The summed E-state index contributed by atoms with van der Waals surface area (Å²) in [5, 5.41) is 0. The molecule has 2 heteroatoms. The van der Waals surface area contributed by atoms with E-state index in [0.717, 1.165) is 30.4 Å². The zero-order valence-electron chi connectivity index (χ0n) is 13.5. The number of allylic oxidation sites excluding steroid dienone is 1. The Kier molecular flexibility index (Phi) is 8.62. The van der Waals surface area contributed by atoms with E-state index in [-0.39, 0.29) is 5.97 Å². The first kappa shape index (κ1) is 18.4. The summed E-state index contributed by atoms with van der Waals surface area (Å²) in [5.41, 5.74) is 1.62. The fourth-order valence-electron chi connectivity index (χ4n) is 2.18. The van der Waals surface area contributed by atoms with Crippen molar-refractivity contribution in [1.82, 2.24) is 0 Å². The SMILES string of the molecule is C=CCCCC(C)(C(=O)OC)c1cccc(C)c1.CC. The van der Waals surface area contributed by atoms with Crippen molar-refractivity contribution in [3.63, 3.8) is 0 Å². The van der Waals surface area contributed by atoms with Crippen LogP contribution in [-0.4, -0.2) is 13.1 Å². The van der Waals surface area contributed by atoms with Gasteiger partial charge in [-0.2, -0.15) is 0 Å². The van der Waals surface area contributed by atoms with Crippen molar-refractivity contribution >= 4 is 5.97 Å². The minimum atomic E-state index is -0.566. The highest BCUT2D eigenvalue weighted by molar-refractivity contribution is 5.82. The van der Waals surface area contributed by atoms with Gasteiger partial charge in [0.2, 0.25) is 0 Å². The molecule has 112 valence electrons. The van der Waals surface area contributed by atoms with Gasteiger partial charge in [-0.05, 0) is 38.7 Å². The lowest BCUT2D eigenvalue weighted by molar-refractivity contribution is -0.147. The quantitative estimate of drug-likeness (QED) is 0.423. The molecule has 20 heavy (non-hydrogen) atoms. The van der Waals surface area contributed by atoms with E-state index in [0.29, 0.717) is 0 Å². The molecule has 0 aromatic heterocycles. The van der Waals surface area contributed by atoms with Crippen molar-refractivity contribution in [2.75, 3.05) is 7.11 Å². The van der Waals surface area contributed by atoms with Gasteiger partial charge in [0.05, 0.1) is 12.5 Å². The summed E-state index contributed by atoms with van der Waals surface area (Å²) in [7, 11) is 1.45. The standard InChI is InChI=1S/C16H22O2.C2H6/c1-5-6-7-11-16(3,15(17)18-4)14-10-8-9-13(2)12-14;1-2/h5,8-10,12H,1,6-7,11H2,2-4H3;1-2H3. The van der Waals surface area contributed by atoms with E-state index in [1.165, 1.54) is 7.11 Å². The zero-order valence-corrected chi connectivity index (χ0v) is 13.5. The third-order valence-corrected chi connectivity index (χ3v) is 3.38. The predicted molar refractivity (Wildman–Crippen MR) is 85.9 cm³/mol. The number of carbonyl (C=O) groups is 1. The molecule has 1 aromatic carbocycles. The summed E-state index contributed by atoms with van der Waals surface area (Å²) in [5.74, 6) is -0.169. The van der Waals surface area contributed by atoms with Crippen LogP contribution in [0.1, 0.15) is 51.2 Å². The van der Waals surface area contributed by atoms with Crippen LogP contribution >= 0.6 is 0 Å². The van der Waals surface area contributed by atoms with Crippen molar-refractivity contribution in [1.29, 1.82) is 0 Å². The van der Waals surface area contributed by atoms with Crippen molar-refractivity contribution in [3.8, 4) is 0 Å². The van der Waals surface area contributed by atoms with Gasteiger partial charge in [0, 0.05) is 0 Å². The number of esters is 1. The first-order valence-corrected chi connectivity index (χ1v) is 7.31. The van der Waals surface area contributed by atoms with Gasteiger partial charge in [0.1, 0.15) is 0 Å². The van der Waals surface area contributed by atoms with Crippen molar-refractivity contribution in [2.24, 2.45) is 0 Å². The Morgan fingerprint density at radius 3 is 2.55 bits per heavy atom. The Hall–Kier alpha value is -1.57. The Bertz CT molecular complexity index is 423. The Morgan fingerprint density at radius 2 is 2.05 bits per heavy atom. The number of benzene rings is 1. The molecular formula is C18H28O2. The molecule has 0 aliphatic rings. The molecule has 1 unspecified atom stereocenters. The van der Waals surface area contributed by atoms with Gasteiger partial charge in [-0.3, -0.25) is 4.79 Å². The van der Waals surface area contributed by atoms with Gasteiger partial charge in [-0.25, -0.2) is 0 Å². The predicted octanol–water partition coefficient (Wildman–Crippen LogP) is 4.81. The third-order valence-electron chi connectivity index (χ3n) is 3.38. The Balaban J connectivity index is 0.00000172. The summed E-state index contributed by atoms with van der Waals surface area (Å²) in [6.07, 6.45) is 4.50. The number of methoxy groups -OCH3 is 1. The fourth-order valence-corrected chi connectivity index (χ4v) is 2.18. The maximum absolute atomic E-state index is 12.1. The van der Waals surface area contributed by atoms with Gasteiger partial charge >= 0.3 is 5.97 Å². The average Bonchev–Trinajstić information content (AvgIpc) is 2.48. The lowest BCUT2D eigenvalue weighted by Gasteiger charge is -2.27. The molecule has 1 rings (SSSR count). The molecule has 0 saturated heterocycles. The second-order valence-electron chi connectivity index (χ2n) is 4.87. The molecule has 0 aliphatic carbocycles. The fraction of sp³-hybridized carbons (Fsp3) is 0.500. The molecule has 0 aliphatic heterocycles. The molecule has 0 N–H and O–H groups in total. The van der Waals surface area contributed by atoms with Crippen LogP contribution in [0.25, 0.3) is 0 Å². The summed E-state index contributed by atoms with van der Waals surface area (Å²) in [4.78, 5) is 12.1. The second-order valence-corrected chi connectivity index (χ2v) is 4.87. The minimum Gasteiger partial charge on any atom is -0.468 e. The number of unbranched alkanes of at least 4 members (excludes halogenated alkanes) is 1. The first-order valence-electron chi connectivity index (χ1n) is 7.31. The number of hydrogen-bond donors (Lipinski definition) is 0. The second kappa shape index (κ2) is 9.35. The van der Waals surface area contributed by atoms with E-state index in [1.807, 2.05) is 52.0 Å². The molecule has 0 saturated carbocycles. The maximum Gasteiger partial charge on any atom is 0.315 e. The summed E-state index contributed by atoms with van der Waals surface area (Å²) in [6.45, 7) is 11.7. The van der Waals surface area contributed by atoms with E-state index in [4.69, 9.17) is 4.74 Å². The van der Waals surface area contributed by atoms with E-state index < -0.39 is 5.41 Å². The van der Waals surface area contributed by atoms with Crippen LogP contribution in [0.3, 0.4) is 0 Å². The summed E-state index contributed by atoms with van der Waals surface area (Å²) >= 11 is 0. The molecule has 0 amide bonds. The molecule has 0 heterocycles. The van der Waals surface area contributed by atoms with Gasteiger partial charge < -0.3 is 4.74 Å². The van der Waals surface area contributed by atoms with E-state index >= 15 is 0 Å². The lowest BCUT2D eigenvalue weighted by atomic mass is 9.77. The van der Waals surface area contributed by atoms with Crippen LogP contribution in [-0.2, 0) is 14.9 Å². The highest BCUT2D eigenvalue weighted by Gasteiger charge is 2.35. The van der Waals surface area contributed by atoms with Crippen molar-refractivity contribution in [3.05, 3.63) is 48.0 Å². The normalized spacial score (nSPS) is 12.7. The largest absolute Gasteiger partial charge is 0.468 e. The highest BCUT2D eigenvalue weighted by Crippen LogP contribution is 2.31. The number of ether oxygens (including phenoxy) is 1. The molecule has 1 atom stereocenters. The van der Waals surface area contributed by atoms with E-state index in [1.54, 1.807) is 0 Å². The van der Waals surface area contributed by atoms with Gasteiger partial charge in [-0.1, -0.05) is 49.8 Å². The molecule has 0 radical (unpaired) electrons. The average molecular weight is 276 g/mol. The van der Waals surface area contributed by atoms with Crippen LogP contribution < -0.4 is 0 Å². The van der Waals surface area contributed by atoms with Crippen LogP contribution in [0.4, 0.5) is 0 Å². The third kappa shape index (κ3) is 4.84. The summed E-state index contributed by atoms with van der Waals surface area (Å²) < 4.78 is 4.98. The Morgan fingerprint density at radius 1 is 1.40 bits per heavy atom. The van der Waals surface area contributed by atoms with E-state index in [9.17, 15) is 4.79 Å². The zero-order chi connectivity index (χ0) is 15.6. The topological polar surface area (TPSA) is 26.3 Å². The lowest BCUT2D eigenvalue weighted by Crippen LogP contribution is -2.33. The highest BCUT2D eigenvalue weighted by atomic mass is 16.5. The van der Waals surface area contributed by atoms with E-state index in [2.05, 4.69) is 12.6 Å². The van der Waals surface area contributed by atoms with Gasteiger partial charge in [0.15, 0.2) is 0 Å². The number of carbonyl (C=O) groups excluding carboxylic acids is 1. The van der Waals surface area contributed by atoms with Crippen molar-refractivity contribution in [2.45, 2.75) is 52.4 Å². The van der Waals surface area contributed by atoms with Crippen LogP contribution in [0.5, 0.6) is 0 Å².